The van der Waals surface area contributed by atoms with Crippen molar-refractivity contribution in [2.75, 3.05) is 0 Å². The molecule has 20 heavy (non-hydrogen) atoms. The van der Waals surface area contributed by atoms with E-state index in [1.54, 1.807) is 0 Å². The molecule has 114 valence electrons. The van der Waals surface area contributed by atoms with Crippen molar-refractivity contribution in [3.8, 4) is 0 Å². The maximum atomic E-state index is 10.4. The Bertz CT molecular complexity index is 382. The van der Waals surface area contributed by atoms with Crippen LogP contribution in [0.25, 0.3) is 0 Å². The highest BCUT2D eigenvalue weighted by molar-refractivity contribution is 5.06. The second kappa shape index (κ2) is 4.71. The molecule has 0 spiro atoms. The van der Waals surface area contributed by atoms with Gasteiger partial charge in [-0.1, -0.05) is 6.92 Å². The number of rotatable bonds is 0. The van der Waals surface area contributed by atoms with Crippen LogP contribution in [-0.4, -0.2) is 22.4 Å². The van der Waals surface area contributed by atoms with Crippen LogP contribution >= 0.6 is 0 Å². The largest absolute Gasteiger partial charge is 0.393 e. The van der Waals surface area contributed by atoms with Gasteiger partial charge in [-0.2, -0.15) is 0 Å². The summed E-state index contributed by atoms with van der Waals surface area (Å²) in [6, 6.07) is 0. The molecule has 0 radical (unpaired) electrons. The van der Waals surface area contributed by atoms with Crippen LogP contribution in [0.3, 0.4) is 0 Å². The lowest BCUT2D eigenvalue weighted by molar-refractivity contribution is -0.0913. The van der Waals surface area contributed by atoms with E-state index < -0.39 is 0 Å². The molecular weight excluding hydrogens is 248 g/mol. The SMILES string of the molecule is C[C@]12CCC3C(CC[C@H]4CC(O)CC[C@H]34)C1CC[C@@H]2O. The van der Waals surface area contributed by atoms with Gasteiger partial charge < -0.3 is 10.2 Å². The maximum absolute atomic E-state index is 10.4. The van der Waals surface area contributed by atoms with Crippen molar-refractivity contribution in [3.63, 3.8) is 0 Å². The Morgan fingerprint density at radius 2 is 1.60 bits per heavy atom. The molecule has 0 aromatic heterocycles. The van der Waals surface area contributed by atoms with E-state index in [0.29, 0.717) is 0 Å². The molecule has 0 amide bonds. The Hall–Kier alpha value is -0.0800. The molecule has 4 unspecified atom stereocenters. The summed E-state index contributed by atoms with van der Waals surface area (Å²) in [5, 5.41) is 20.3. The van der Waals surface area contributed by atoms with E-state index in [-0.39, 0.29) is 17.6 Å². The molecule has 0 aliphatic heterocycles. The second-order valence-electron chi connectivity index (χ2n) is 8.54. The Balaban J connectivity index is 1.57. The van der Waals surface area contributed by atoms with E-state index in [2.05, 4.69) is 6.92 Å². The van der Waals surface area contributed by atoms with Crippen LogP contribution in [0, 0.1) is 35.0 Å². The summed E-state index contributed by atoms with van der Waals surface area (Å²) in [6.07, 6.45) is 10.9. The topological polar surface area (TPSA) is 40.5 Å². The number of hydrogen-bond donors (Lipinski definition) is 2. The first-order valence-corrected chi connectivity index (χ1v) is 8.95. The number of fused-ring (bicyclic) bond motifs is 5. The Kier molecular flexibility index (Phi) is 3.20. The molecule has 0 bridgehead atoms. The van der Waals surface area contributed by atoms with Crippen molar-refractivity contribution in [1.82, 2.24) is 0 Å². The van der Waals surface area contributed by atoms with Gasteiger partial charge in [0.2, 0.25) is 0 Å². The Labute approximate surface area is 123 Å². The molecule has 4 fully saturated rings. The minimum Gasteiger partial charge on any atom is -0.393 e. The lowest BCUT2D eigenvalue weighted by atomic mass is 9.50. The van der Waals surface area contributed by atoms with Crippen molar-refractivity contribution >= 4 is 0 Å². The lowest BCUT2D eigenvalue weighted by Crippen LogP contribution is -2.49. The van der Waals surface area contributed by atoms with Crippen molar-refractivity contribution in [3.05, 3.63) is 0 Å². The van der Waals surface area contributed by atoms with Crippen LogP contribution in [0.5, 0.6) is 0 Å². The van der Waals surface area contributed by atoms with Gasteiger partial charge in [-0.05, 0) is 92.8 Å². The monoisotopic (exact) mass is 278 g/mol. The predicted octanol–water partition coefficient (Wildman–Crippen LogP) is 3.36. The van der Waals surface area contributed by atoms with E-state index in [1.807, 2.05) is 0 Å². The highest BCUT2D eigenvalue weighted by Crippen LogP contribution is 2.62. The molecule has 0 aromatic carbocycles. The summed E-state index contributed by atoms with van der Waals surface area (Å²) in [6.45, 7) is 2.36. The highest BCUT2D eigenvalue weighted by atomic mass is 16.3. The van der Waals surface area contributed by atoms with Crippen molar-refractivity contribution in [2.24, 2.45) is 35.0 Å². The molecular formula is C18H30O2. The number of aliphatic hydroxyl groups is 2. The molecule has 4 saturated carbocycles. The molecule has 2 nitrogen and oxygen atoms in total. The van der Waals surface area contributed by atoms with Crippen LogP contribution < -0.4 is 0 Å². The first-order valence-electron chi connectivity index (χ1n) is 8.95. The van der Waals surface area contributed by atoms with Gasteiger partial charge in [-0.15, -0.1) is 0 Å². The predicted molar refractivity (Wildman–Crippen MR) is 79.1 cm³/mol. The summed E-state index contributed by atoms with van der Waals surface area (Å²) in [5.41, 5.74) is 0.224. The molecule has 4 aliphatic rings. The van der Waals surface area contributed by atoms with E-state index in [4.69, 9.17) is 0 Å². The van der Waals surface area contributed by atoms with Crippen LogP contribution in [0.1, 0.15) is 64.7 Å². The number of hydrogen-bond acceptors (Lipinski definition) is 2. The fourth-order valence-corrected chi connectivity index (χ4v) is 6.80. The van der Waals surface area contributed by atoms with Gasteiger partial charge in [0.1, 0.15) is 0 Å². The van der Waals surface area contributed by atoms with E-state index >= 15 is 0 Å². The van der Waals surface area contributed by atoms with Gasteiger partial charge in [0, 0.05) is 0 Å². The molecule has 0 heterocycles. The smallest absolute Gasteiger partial charge is 0.0596 e. The summed E-state index contributed by atoms with van der Waals surface area (Å²) < 4.78 is 0. The summed E-state index contributed by atoms with van der Waals surface area (Å²) in [5.74, 6) is 4.26. The minimum atomic E-state index is -0.0423. The lowest BCUT2D eigenvalue weighted by Gasteiger charge is -2.55. The van der Waals surface area contributed by atoms with Crippen LogP contribution in [-0.2, 0) is 0 Å². The van der Waals surface area contributed by atoms with E-state index in [9.17, 15) is 10.2 Å². The summed E-state index contributed by atoms with van der Waals surface area (Å²) >= 11 is 0. The van der Waals surface area contributed by atoms with Crippen LogP contribution in [0.15, 0.2) is 0 Å². The quantitative estimate of drug-likeness (QED) is 0.713. The fraction of sp³-hybridized carbons (Fsp3) is 1.00. The third-order valence-corrected chi connectivity index (χ3v) is 7.88. The second-order valence-corrected chi connectivity index (χ2v) is 8.54. The first kappa shape index (κ1) is 13.6. The van der Waals surface area contributed by atoms with Gasteiger partial charge >= 0.3 is 0 Å². The molecule has 4 aliphatic carbocycles. The Morgan fingerprint density at radius 1 is 0.800 bits per heavy atom. The van der Waals surface area contributed by atoms with E-state index in [1.165, 1.54) is 38.5 Å². The third kappa shape index (κ3) is 1.83. The van der Waals surface area contributed by atoms with Gasteiger partial charge in [0.25, 0.3) is 0 Å². The molecule has 8 atom stereocenters. The van der Waals surface area contributed by atoms with Crippen LogP contribution in [0.4, 0.5) is 0 Å². The van der Waals surface area contributed by atoms with E-state index in [0.717, 1.165) is 48.9 Å². The normalized spacial score (nSPS) is 58.6. The highest BCUT2D eigenvalue weighted by Gasteiger charge is 2.56. The van der Waals surface area contributed by atoms with Gasteiger partial charge in [0.05, 0.1) is 12.2 Å². The number of aliphatic hydroxyl groups excluding tert-OH is 2. The van der Waals surface area contributed by atoms with Crippen molar-refractivity contribution in [1.29, 1.82) is 0 Å². The maximum Gasteiger partial charge on any atom is 0.0596 e. The van der Waals surface area contributed by atoms with Gasteiger partial charge in [0.15, 0.2) is 0 Å². The first-order chi connectivity index (χ1) is 9.59. The molecule has 4 rings (SSSR count). The summed E-state index contributed by atoms with van der Waals surface area (Å²) in [7, 11) is 0. The standard InChI is InChI=1S/C18H30O2/c1-18-9-8-14-13-5-3-12(19)10-11(13)2-4-15(14)16(18)6-7-17(18)20/h11-17,19-20H,2-10H2,1H3/t11-,12?,13-,14?,15?,16?,17-,18-/m0/s1. The molecule has 0 saturated heterocycles. The summed E-state index contributed by atoms with van der Waals surface area (Å²) in [4.78, 5) is 0. The minimum absolute atomic E-state index is 0.0186. The zero-order chi connectivity index (χ0) is 13.9. The average Bonchev–Trinajstić information content (AvgIpc) is 2.74. The average molecular weight is 278 g/mol. The third-order valence-electron chi connectivity index (χ3n) is 7.88. The van der Waals surface area contributed by atoms with Crippen molar-refractivity contribution in [2.45, 2.75) is 76.9 Å². The molecule has 2 N–H and O–H groups in total. The Morgan fingerprint density at radius 3 is 2.45 bits per heavy atom. The molecule has 2 heteroatoms. The van der Waals surface area contributed by atoms with Gasteiger partial charge in [-0.25, -0.2) is 0 Å². The van der Waals surface area contributed by atoms with Crippen LogP contribution in [0.2, 0.25) is 0 Å². The zero-order valence-corrected chi connectivity index (χ0v) is 12.8. The zero-order valence-electron chi connectivity index (χ0n) is 12.8. The fourth-order valence-electron chi connectivity index (χ4n) is 6.80. The molecule has 0 aromatic rings. The van der Waals surface area contributed by atoms with Gasteiger partial charge in [-0.3, -0.25) is 0 Å². The van der Waals surface area contributed by atoms with Crippen molar-refractivity contribution < 1.29 is 10.2 Å².